The van der Waals surface area contributed by atoms with Gasteiger partial charge in [-0.3, -0.25) is 4.79 Å². The summed E-state index contributed by atoms with van der Waals surface area (Å²) in [4.78, 5) is 14.6. The Morgan fingerprint density at radius 1 is 1.40 bits per heavy atom. The Balaban J connectivity index is 1.77. The van der Waals surface area contributed by atoms with Crippen molar-refractivity contribution in [2.75, 3.05) is 11.9 Å². The third-order valence-electron chi connectivity index (χ3n) is 5.22. The number of nitriles is 1. The van der Waals surface area contributed by atoms with E-state index in [0.717, 1.165) is 25.8 Å². The number of anilines is 1. The molecule has 2 unspecified atom stereocenters. The molecule has 1 aromatic rings. The van der Waals surface area contributed by atoms with Gasteiger partial charge >= 0.3 is 0 Å². The van der Waals surface area contributed by atoms with Crippen molar-refractivity contribution < 1.29 is 9.90 Å². The van der Waals surface area contributed by atoms with Gasteiger partial charge in [-0.15, -0.1) is 0 Å². The molecule has 5 heteroatoms. The van der Waals surface area contributed by atoms with E-state index in [1.54, 1.807) is 18.3 Å². The minimum absolute atomic E-state index is 0.0729. The van der Waals surface area contributed by atoms with Gasteiger partial charge in [0.05, 0.1) is 0 Å². The topological polar surface area (TPSA) is 76.4 Å². The minimum atomic E-state index is -0.445. The van der Waals surface area contributed by atoms with Gasteiger partial charge in [-0.2, -0.15) is 5.26 Å². The number of benzene rings is 1. The second-order valence-electron chi connectivity index (χ2n) is 8.55. The zero-order chi connectivity index (χ0) is 18.2. The van der Waals surface area contributed by atoms with Crippen molar-refractivity contribution >= 4 is 11.6 Å². The van der Waals surface area contributed by atoms with Crippen LogP contribution in [0.2, 0.25) is 0 Å². The summed E-state index contributed by atoms with van der Waals surface area (Å²) in [6.07, 6.45) is 5.07. The van der Waals surface area contributed by atoms with E-state index in [-0.39, 0.29) is 22.2 Å². The van der Waals surface area contributed by atoms with E-state index >= 15 is 0 Å². The van der Waals surface area contributed by atoms with Crippen molar-refractivity contribution in [2.45, 2.75) is 46.1 Å². The van der Waals surface area contributed by atoms with Gasteiger partial charge in [0, 0.05) is 30.5 Å². The summed E-state index contributed by atoms with van der Waals surface area (Å²) < 4.78 is 0. The highest BCUT2D eigenvalue weighted by atomic mass is 16.3. The molecule has 0 aromatic heterocycles. The van der Waals surface area contributed by atoms with Crippen molar-refractivity contribution in [1.29, 1.82) is 5.26 Å². The van der Waals surface area contributed by atoms with Crippen LogP contribution in [0.25, 0.3) is 0 Å². The van der Waals surface area contributed by atoms with Gasteiger partial charge in [-0.25, -0.2) is 0 Å². The Hall–Kier alpha value is -2.48. The van der Waals surface area contributed by atoms with Crippen molar-refractivity contribution in [1.82, 2.24) is 4.90 Å². The number of hydrogen-bond donors (Lipinski definition) is 2. The third-order valence-corrected chi connectivity index (χ3v) is 5.22. The van der Waals surface area contributed by atoms with Gasteiger partial charge in [0.2, 0.25) is 0 Å². The molecule has 1 aliphatic carbocycles. The van der Waals surface area contributed by atoms with Crippen LogP contribution in [0.5, 0.6) is 5.75 Å². The summed E-state index contributed by atoms with van der Waals surface area (Å²) in [5, 5.41) is 21.6. The Kier molecular flexibility index (Phi) is 4.24. The highest BCUT2D eigenvalue weighted by Crippen LogP contribution is 2.52. The monoisotopic (exact) mass is 339 g/mol. The molecule has 1 aliphatic heterocycles. The van der Waals surface area contributed by atoms with Crippen LogP contribution >= 0.6 is 0 Å². The van der Waals surface area contributed by atoms with Crippen LogP contribution < -0.4 is 5.32 Å². The standard InChI is InChI=1S/C20H25N3O2/c1-19(2)8-16-9-20(3,12-19)13-23(16)11-14(10-21)18(25)22-15-5-4-6-17(24)7-15/h4-7,11,16,24H,8-9,12-13H2,1-3H3,(H,22,25)/b14-11-. The molecule has 1 amide bonds. The number of fused-ring (bicyclic) bond motifs is 2. The van der Waals surface area contributed by atoms with E-state index in [1.165, 1.54) is 12.1 Å². The number of carbonyl (C=O) groups is 1. The lowest BCUT2D eigenvalue weighted by atomic mass is 9.65. The van der Waals surface area contributed by atoms with Crippen LogP contribution in [0.1, 0.15) is 40.0 Å². The molecule has 1 saturated carbocycles. The molecule has 1 aromatic carbocycles. The molecular weight excluding hydrogens is 314 g/mol. The van der Waals surface area contributed by atoms with Crippen LogP contribution in [0.3, 0.4) is 0 Å². The number of phenolic OH excluding ortho intramolecular Hbond substituents is 1. The first-order valence-electron chi connectivity index (χ1n) is 8.68. The molecule has 0 radical (unpaired) electrons. The van der Waals surface area contributed by atoms with E-state index in [9.17, 15) is 15.2 Å². The lowest BCUT2D eigenvalue weighted by Gasteiger charge is -2.39. The van der Waals surface area contributed by atoms with Crippen molar-refractivity contribution in [3.05, 3.63) is 36.0 Å². The number of aromatic hydroxyl groups is 1. The molecule has 25 heavy (non-hydrogen) atoms. The van der Waals surface area contributed by atoms with Crippen LogP contribution in [0, 0.1) is 22.2 Å². The molecule has 2 bridgehead atoms. The number of likely N-dealkylation sites (tertiary alicyclic amines) is 1. The average Bonchev–Trinajstić information content (AvgIpc) is 2.72. The number of carbonyl (C=O) groups excluding carboxylic acids is 1. The zero-order valence-electron chi connectivity index (χ0n) is 15.0. The fourth-order valence-electron chi connectivity index (χ4n) is 4.74. The molecule has 2 aliphatic rings. The zero-order valence-corrected chi connectivity index (χ0v) is 15.0. The lowest BCUT2D eigenvalue weighted by molar-refractivity contribution is -0.112. The average molecular weight is 339 g/mol. The summed E-state index contributed by atoms with van der Waals surface area (Å²) in [5.74, 6) is -0.372. The maximum Gasteiger partial charge on any atom is 0.267 e. The van der Waals surface area contributed by atoms with Gasteiger partial charge in [0.25, 0.3) is 5.91 Å². The summed E-state index contributed by atoms with van der Waals surface area (Å²) in [5.41, 5.74) is 1.10. The molecule has 0 spiro atoms. The fraction of sp³-hybridized carbons (Fsp3) is 0.500. The summed E-state index contributed by atoms with van der Waals surface area (Å²) in [6, 6.07) is 8.72. The molecule has 1 saturated heterocycles. The number of nitrogens with one attached hydrogen (secondary N) is 1. The largest absolute Gasteiger partial charge is 0.508 e. The van der Waals surface area contributed by atoms with Crippen LogP contribution in [0.4, 0.5) is 5.69 Å². The van der Waals surface area contributed by atoms with E-state index in [1.807, 2.05) is 6.07 Å². The van der Waals surface area contributed by atoms with E-state index in [4.69, 9.17) is 0 Å². The predicted octanol–water partition coefficient (Wildman–Crippen LogP) is 3.64. The quantitative estimate of drug-likeness (QED) is 0.651. The van der Waals surface area contributed by atoms with Crippen molar-refractivity contribution in [3.8, 4) is 11.8 Å². The maximum absolute atomic E-state index is 12.4. The first-order valence-corrected chi connectivity index (χ1v) is 8.68. The van der Waals surface area contributed by atoms with Crippen LogP contribution in [0.15, 0.2) is 36.0 Å². The Bertz CT molecular complexity index is 762. The molecule has 2 N–H and O–H groups in total. The normalized spacial score (nSPS) is 27.7. The molecule has 2 atom stereocenters. The van der Waals surface area contributed by atoms with E-state index in [0.29, 0.717) is 11.7 Å². The highest BCUT2D eigenvalue weighted by Gasteiger charge is 2.48. The second kappa shape index (κ2) is 6.11. The Morgan fingerprint density at radius 3 is 2.84 bits per heavy atom. The van der Waals surface area contributed by atoms with Crippen LogP contribution in [-0.2, 0) is 4.79 Å². The van der Waals surface area contributed by atoms with Gasteiger partial charge in [-0.1, -0.05) is 26.8 Å². The third kappa shape index (κ3) is 3.79. The van der Waals surface area contributed by atoms with Crippen LogP contribution in [-0.4, -0.2) is 28.5 Å². The second-order valence-corrected chi connectivity index (χ2v) is 8.55. The van der Waals surface area contributed by atoms with Gasteiger partial charge in [0.1, 0.15) is 17.4 Å². The number of nitrogens with zero attached hydrogens (tertiary/aromatic N) is 2. The maximum atomic E-state index is 12.4. The van der Waals surface area contributed by atoms with Gasteiger partial charge < -0.3 is 15.3 Å². The molecule has 132 valence electrons. The lowest BCUT2D eigenvalue weighted by Crippen LogP contribution is -2.33. The van der Waals surface area contributed by atoms with Crippen molar-refractivity contribution in [3.63, 3.8) is 0 Å². The number of phenols is 1. The van der Waals surface area contributed by atoms with E-state index < -0.39 is 5.91 Å². The SMILES string of the molecule is CC1(C)CC2CC(C)(CN2/C=C(/C#N)C(=O)Nc2cccc(O)c2)C1. The Morgan fingerprint density at radius 2 is 2.16 bits per heavy atom. The number of rotatable bonds is 3. The first kappa shape index (κ1) is 17.3. The molecule has 3 rings (SSSR count). The fourth-order valence-corrected chi connectivity index (χ4v) is 4.74. The first-order chi connectivity index (χ1) is 11.7. The predicted molar refractivity (Wildman–Crippen MR) is 96.7 cm³/mol. The summed E-state index contributed by atoms with van der Waals surface area (Å²) in [7, 11) is 0. The van der Waals surface area contributed by atoms with E-state index in [2.05, 4.69) is 31.0 Å². The number of amides is 1. The number of hydrogen-bond acceptors (Lipinski definition) is 4. The van der Waals surface area contributed by atoms with Gasteiger partial charge in [0.15, 0.2) is 0 Å². The molecule has 2 fully saturated rings. The smallest absolute Gasteiger partial charge is 0.267 e. The highest BCUT2D eigenvalue weighted by molar-refractivity contribution is 6.06. The van der Waals surface area contributed by atoms with Gasteiger partial charge in [-0.05, 0) is 42.2 Å². The Labute approximate surface area is 148 Å². The van der Waals surface area contributed by atoms with Crippen molar-refractivity contribution in [2.24, 2.45) is 10.8 Å². The molecule has 1 heterocycles. The minimum Gasteiger partial charge on any atom is -0.508 e. The molecule has 5 nitrogen and oxygen atoms in total. The summed E-state index contributed by atoms with van der Waals surface area (Å²) in [6.45, 7) is 7.77. The summed E-state index contributed by atoms with van der Waals surface area (Å²) >= 11 is 0. The molecular formula is C20H25N3O2.